The van der Waals surface area contributed by atoms with Gasteiger partial charge in [0.25, 0.3) is 5.91 Å². The average molecular weight is 492 g/mol. The molecule has 4 aromatic rings. The number of benzene rings is 3. The zero-order valence-electron chi connectivity index (χ0n) is 21.2. The van der Waals surface area contributed by atoms with Gasteiger partial charge in [-0.2, -0.15) is 0 Å². The lowest BCUT2D eigenvalue weighted by atomic mass is 10.1. The number of nitrogens with one attached hydrogen (secondary N) is 1. The molecule has 2 heterocycles. The fourth-order valence-corrected chi connectivity index (χ4v) is 4.63. The van der Waals surface area contributed by atoms with Gasteiger partial charge in [0.1, 0.15) is 18.1 Å². The zero-order valence-corrected chi connectivity index (χ0v) is 21.2. The first-order valence-corrected chi connectivity index (χ1v) is 12.3. The predicted molar refractivity (Wildman–Crippen MR) is 144 cm³/mol. The van der Waals surface area contributed by atoms with Crippen LogP contribution in [0.2, 0.25) is 0 Å². The fourth-order valence-electron chi connectivity index (χ4n) is 4.63. The summed E-state index contributed by atoms with van der Waals surface area (Å²) in [6.07, 6.45) is 1.76. The second-order valence-corrected chi connectivity index (χ2v) is 9.30. The van der Waals surface area contributed by atoms with E-state index in [1.165, 1.54) is 4.90 Å². The molecular weight excluding hydrogens is 462 g/mol. The first-order valence-electron chi connectivity index (χ1n) is 12.3. The van der Waals surface area contributed by atoms with Crippen LogP contribution in [0.4, 0.5) is 4.79 Å². The molecule has 0 bridgehead atoms. The summed E-state index contributed by atoms with van der Waals surface area (Å²) < 4.78 is 8.04. The third-order valence-electron chi connectivity index (χ3n) is 6.50. The molecule has 1 aliphatic heterocycles. The number of imide groups is 1. The Labute approximate surface area is 216 Å². The molecule has 0 unspecified atom stereocenters. The smallest absolute Gasteiger partial charge is 0.329 e. The Morgan fingerprint density at radius 3 is 2.30 bits per heavy atom. The van der Waals surface area contributed by atoms with E-state index in [2.05, 4.69) is 9.88 Å². The average Bonchev–Trinajstić information content (AvgIpc) is 3.32. The molecule has 0 saturated carbocycles. The molecule has 3 aromatic carbocycles. The summed E-state index contributed by atoms with van der Waals surface area (Å²) in [5.74, 6) is 0.474. The largest absolute Gasteiger partial charge is 0.489 e. The van der Waals surface area contributed by atoms with Gasteiger partial charge in [-0.1, -0.05) is 60.2 Å². The number of ether oxygens (including phenoxy) is 1. The van der Waals surface area contributed by atoms with Gasteiger partial charge in [-0.3, -0.25) is 9.69 Å². The molecule has 3 amide bonds. The van der Waals surface area contributed by atoms with Crippen molar-refractivity contribution in [2.24, 2.45) is 0 Å². The maximum absolute atomic E-state index is 13.0. The lowest BCUT2D eigenvalue weighted by Crippen LogP contribution is -2.30. The van der Waals surface area contributed by atoms with Crippen LogP contribution in [-0.4, -0.2) is 21.4 Å². The summed E-state index contributed by atoms with van der Waals surface area (Å²) in [6.45, 7) is 6.77. The van der Waals surface area contributed by atoms with Crippen LogP contribution in [0.1, 0.15) is 33.6 Å². The van der Waals surface area contributed by atoms with Gasteiger partial charge < -0.3 is 14.6 Å². The monoisotopic (exact) mass is 491 g/mol. The maximum Gasteiger partial charge on any atom is 0.329 e. The summed E-state index contributed by atoms with van der Waals surface area (Å²) in [5.41, 5.74) is 7.27. The number of hydrogen-bond acceptors (Lipinski definition) is 3. The van der Waals surface area contributed by atoms with E-state index in [0.29, 0.717) is 6.61 Å². The second kappa shape index (κ2) is 10.2. The van der Waals surface area contributed by atoms with Crippen molar-refractivity contribution in [3.63, 3.8) is 0 Å². The summed E-state index contributed by atoms with van der Waals surface area (Å²) in [4.78, 5) is 26.8. The van der Waals surface area contributed by atoms with Gasteiger partial charge in [0.05, 0.1) is 6.54 Å². The molecule has 0 atom stereocenters. The fraction of sp³-hybridized carbons (Fsp3) is 0.161. The molecule has 1 N–H and O–H groups in total. The maximum atomic E-state index is 13.0. The molecule has 6 nitrogen and oxygen atoms in total. The van der Waals surface area contributed by atoms with E-state index < -0.39 is 6.03 Å². The lowest BCUT2D eigenvalue weighted by Gasteiger charge is -2.12. The third-order valence-corrected chi connectivity index (χ3v) is 6.50. The Morgan fingerprint density at radius 2 is 1.57 bits per heavy atom. The van der Waals surface area contributed by atoms with Crippen LogP contribution in [0.15, 0.2) is 90.6 Å². The molecule has 0 aliphatic carbocycles. The Kier molecular flexibility index (Phi) is 6.64. The molecule has 5 rings (SSSR count). The number of hydrogen-bond donors (Lipinski definition) is 1. The minimum Gasteiger partial charge on any atom is -0.489 e. The Bertz CT molecular complexity index is 1480. The van der Waals surface area contributed by atoms with Crippen molar-refractivity contribution in [2.45, 2.75) is 33.9 Å². The first-order chi connectivity index (χ1) is 17.9. The summed E-state index contributed by atoms with van der Waals surface area (Å²) in [5, 5.41) is 2.74. The number of nitrogens with zero attached hydrogens (tertiary/aromatic N) is 2. The van der Waals surface area contributed by atoms with E-state index in [9.17, 15) is 9.59 Å². The quantitative estimate of drug-likeness (QED) is 0.252. The summed E-state index contributed by atoms with van der Waals surface area (Å²) >= 11 is 0. The number of rotatable bonds is 7. The number of aromatic nitrogens is 1. The first kappa shape index (κ1) is 24.1. The van der Waals surface area contributed by atoms with E-state index in [0.717, 1.165) is 45.1 Å². The standard InChI is InChI=1S/C31H29N3O3/c1-21-8-7-11-25(16-21)19-33-30(35)29(32-31(33)36)18-26-17-22(2)34(23(26)3)27-12-14-28(15-13-27)37-20-24-9-5-4-6-10-24/h4-18H,19-20H2,1-3H3,(H,32,36)/b29-18+. The Hall–Kier alpha value is -4.58. The molecule has 186 valence electrons. The minimum absolute atomic E-state index is 0.238. The zero-order chi connectivity index (χ0) is 25.9. The van der Waals surface area contributed by atoms with Crippen molar-refractivity contribution < 1.29 is 14.3 Å². The van der Waals surface area contributed by atoms with Gasteiger partial charge in [-0.15, -0.1) is 0 Å². The minimum atomic E-state index is -0.405. The number of aryl methyl sites for hydroxylation is 2. The van der Waals surface area contributed by atoms with Crippen LogP contribution in [0.3, 0.4) is 0 Å². The van der Waals surface area contributed by atoms with E-state index >= 15 is 0 Å². The van der Waals surface area contributed by atoms with Gasteiger partial charge in [-0.05, 0) is 73.9 Å². The van der Waals surface area contributed by atoms with Crippen LogP contribution >= 0.6 is 0 Å². The predicted octanol–water partition coefficient (Wildman–Crippen LogP) is 6.07. The number of amides is 3. The molecule has 37 heavy (non-hydrogen) atoms. The normalized spacial score (nSPS) is 14.4. The highest BCUT2D eigenvalue weighted by Gasteiger charge is 2.33. The molecule has 1 aliphatic rings. The van der Waals surface area contributed by atoms with Crippen molar-refractivity contribution in [3.05, 3.63) is 124 Å². The van der Waals surface area contributed by atoms with E-state index in [4.69, 9.17) is 4.74 Å². The van der Waals surface area contributed by atoms with Crippen molar-refractivity contribution in [3.8, 4) is 11.4 Å². The molecule has 1 fully saturated rings. The topological polar surface area (TPSA) is 63.6 Å². The van der Waals surface area contributed by atoms with Crippen LogP contribution in [0.25, 0.3) is 11.8 Å². The molecule has 0 radical (unpaired) electrons. The summed E-state index contributed by atoms with van der Waals surface area (Å²) in [7, 11) is 0. The van der Waals surface area contributed by atoms with E-state index in [1.807, 2.05) is 106 Å². The molecule has 6 heteroatoms. The van der Waals surface area contributed by atoms with Crippen LogP contribution in [0, 0.1) is 20.8 Å². The second-order valence-electron chi connectivity index (χ2n) is 9.30. The number of carbonyl (C=O) groups excluding carboxylic acids is 2. The highest BCUT2D eigenvalue weighted by atomic mass is 16.5. The van der Waals surface area contributed by atoms with Crippen molar-refractivity contribution in [1.29, 1.82) is 0 Å². The highest BCUT2D eigenvalue weighted by molar-refractivity contribution is 6.14. The lowest BCUT2D eigenvalue weighted by molar-refractivity contribution is -0.123. The van der Waals surface area contributed by atoms with Gasteiger partial charge >= 0.3 is 6.03 Å². The Balaban J connectivity index is 1.33. The Morgan fingerprint density at radius 1 is 0.838 bits per heavy atom. The van der Waals surface area contributed by atoms with E-state index in [1.54, 1.807) is 6.08 Å². The SMILES string of the molecule is Cc1cccc(CN2C(=O)N/C(=C/c3cc(C)n(-c4ccc(OCc5ccccc5)cc4)c3C)C2=O)c1. The molecular formula is C31H29N3O3. The van der Waals surface area contributed by atoms with Crippen LogP contribution < -0.4 is 10.1 Å². The highest BCUT2D eigenvalue weighted by Crippen LogP contribution is 2.26. The van der Waals surface area contributed by atoms with E-state index in [-0.39, 0.29) is 18.1 Å². The number of carbonyl (C=O) groups is 2. The number of urea groups is 1. The van der Waals surface area contributed by atoms with Crippen molar-refractivity contribution in [1.82, 2.24) is 14.8 Å². The van der Waals surface area contributed by atoms with Gasteiger partial charge in [0.15, 0.2) is 0 Å². The van der Waals surface area contributed by atoms with Crippen molar-refractivity contribution in [2.75, 3.05) is 0 Å². The van der Waals surface area contributed by atoms with Gasteiger partial charge in [0.2, 0.25) is 0 Å². The molecule has 1 saturated heterocycles. The molecule has 0 spiro atoms. The van der Waals surface area contributed by atoms with Crippen molar-refractivity contribution >= 4 is 18.0 Å². The molecule has 1 aromatic heterocycles. The van der Waals surface area contributed by atoms with Gasteiger partial charge in [-0.25, -0.2) is 4.79 Å². The summed E-state index contributed by atoms with van der Waals surface area (Å²) in [6, 6.07) is 27.4. The van der Waals surface area contributed by atoms with Crippen LogP contribution in [-0.2, 0) is 17.9 Å². The van der Waals surface area contributed by atoms with Crippen LogP contribution in [0.5, 0.6) is 5.75 Å². The third kappa shape index (κ3) is 5.19. The van der Waals surface area contributed by atoms with Gasteiger partial charge in [0, 0.05) is 17.1 Å².